The van der Waals surface area contributed by atoms with Crippen LogP contribution in [0.3, 0.4) is 0 Å². The highest BCUT2D eigenvalue weighted by Crippen LogP contribution is 2.46. The molecule has 0 bridgehead atoms. The first kappa shape index (κ1) is 17.5. The number of aromatic nitrogens is 2. The number of likely N-dealkylation sites (tertiary alicyclic amines) is 1. The zero-order valence-electron chi connectivity index (χ0n) is 15.8. The maximum absolute atomic E-state index is 12.3. The van der Waals surface area contributed by atoms with Crippen molar-refractivity contribution < 1.29 is 4.79 Å². The van der Waals surface area contributed by atoms with Crippen molar-refractivity contribution in [2.24, 2.45) is 5.41 Å². The van der Waals surface area contributed by atoms with Gasteiger partial charge in [-0.15, -0.1) is 0 Å². The molecule has 2 heterocycles. The van der Waals surface area contributed by atoms with Crippen molar-refractivity contribution in [2.75, 3.05) is 26.2 Å². The van der Waals surface area contributed by atoms with Crippen molar-refractivity contribution in [1.82, 2.24) is 20.0 Å². The van der Waals surface area contributed by atoms with Crippen LogP contribution in [0.1, 0.15) is 44.1 Å². The van der Waals surface area contributed by atoms with Crippen LogP contribution < -0.4 is 5.32 Å². The highest BCUT2D eigenvalue weighted by molar-refractivity contribution is 5.80. The molecule has 0 atom stereocenters. The highest BCUT2D eigenvalue weighted by Gasteiger charge is 2.43. The molecule has 140 valence electrons. The molecule has 1 aromatic carbocycles. The molecule has 1 aromatic heterocycles. The fourth-order valence-corrected chi connectivity index (χ4v) is 4.10. The second-order valence-corrected chi connectivity index (χ2v) is 8.29. The van der Waals surface area contributed by atoms with Crippen molar-refractivity contribution in [3.05, 3.63) is 30.0 Å². The van der Waals surface area contributed by atoms with E-state index in [4.69, 9.17) is 0 Å². The summed E-state index contributed by atoms with van der Waals surface area (Å²) in [5.41, 5.74) is 2.68. The van der Waals surface area contributed by atoms with Crippen LogP contribution in [0.5, 0.6) is 0 Å². The summed E-state index contributed by atoms with van der Waals surface area (Å²) in [5.74, 6) is 0.145. The van der Waals surface area contributed by atoms with E-state index >= 15 is 0 Å². The number of hydrogen-bond acceptors (Lipinski definition) is 3. The predicted molar refractivity (Wildman–Crippen MR) is 104 cm³/mol. The van der Waals surface area contributed by atoms with Gasteiger partial charge in [-0.3, -0.25) is 9.48 Å². The molecule has 2 aromatic rings. The van der Waals surface area contributed by atoms with Gasteiger partial charge in [0.05, 0.1) is 18.3 Å². The summed E-state index contributed by atoms with van der Waals surface area (Å²) in [6, 6.07) is 6.32. The minimum atomic E-state index is 0.145. The highest BCUT2D eigenvalue weighted by atomic mass is 16.1. The Hall–Kier alpha value is -1.88. The van der Waals surface area contributed by atoms with Crippen LogP contribution in [0.4, 0.5) is 0 Å². The van der Waals surface area contributed by atoms with Gasteiger partial charge in [0.25, 0.3) is 0 Å². The fraction of sp³-hybridized carbons (Fsp3) is 0.619. The molecule has 2 aliphatic rings. The second-order valence-electron chi connectivity index (χ2n) is 8.29. The Morgan fingerprint density at radius 1 is 1.23 bits per heavy atom. The van der Waals surface area contributed by atoms with Gasteiger partial charge in [0, 0.05) is 30.3 Å². The standard InChI is InChI=1S/C21H30N4O/c1-17-5-6-18-14-23-25(19(18)13-17)12-7-20(26)22-15-21(8-9-21)16-24-10-3-2-4-11-24/h5-6,13-14H,2-4,7-12,15-16H2,1H3,(H,22,26). The molecule has 4 rings (SSSR count). The number of nitrogens with zero attached hydrogens (tertiary/aromatic N) is 3. The molecule has 1 N–H and O–H groups in total. The van der Waals surface area contributed by atoms with Crippen LogP contribution in [0.15, 0.2) is 24.4 Å². The normalized spacial score (nSPS) is 19.6. The lowest BCUT2D eigenvalue weighted by Crippen LogP contribution is -2.40. The van der Waals surface area contributed by atoms with E-state index < -0.39 is 0 Å². The molecular weight excluding hydrogens is 324 g/mol. The monoisotopic (exact) mass is 354 g/mol. The number of benzene rings is 1. The Morgan fingerprint density at radius 3 is 2.81 bits per heavy atom. The predicted octanol–water partition coefficient (Wildman–Crippen LogP) is 3.12. The summed E-state index contributed by atoms with van der Waals surface area (Å²) in [7, 11) is 0. The molecule has 1 aliphatic heterocycles. The van der Waals surface area contributed by atoms with Crippen LogP contribution in [0, 0.1) is 12.3 Å². The molecule has 0 spiro atoms. The Balaban J connectivity index is 1.25. The van der Waals surface area contributed by atoms with Gasteiger partial charge in [0.2, 0.25) is 5.91 Å². The summed E-state index contributed by atoms with van der Waals surface area (Å²) >= 11 is 0. The summed E-state index contributed by atoms with van der Waals surface area (Å²) < 4.78 is 1.95. The van der Waals surface area contributed by atoms with E-state index in [0.29, 0.717) is 18.4 Å². The Labute approximate surface area is 155 Å². The van der Waals surface area contributed by atoms with Gasteiger partial charge < -0.3 is 10.2 Å². The van der Waals surface area contributed by atoms with Crippen LogP contribution in [-0.2, 0) is 11.3 Å². The molecule has 5 nitrogen and oxygen atoms in total. The van der Waals surface area contributed by atoms with Gasteiger partial charge in [0.15, 0.2) is 0 Å². The first-order valence-corrected chi connectivity index (χ1v) is 10.0. The largest absolute Gasteiger partial charge is 0.355 e. The summed E-state index contributed by atoms with van der Waals surface area (Å²) in [6.45, 7) is 7.19. The zero-order chi connectivity index (χ0) is 18.0. The van der Waals surface area contributed by atoms with Gasteiger partial charge >= 0.3 is 0 Å². The lowest BCUT2D eigenvalue weighted by atomic mass is 10.0. The number of carbonyl (C=O) groups excluding carboxylic acids is 1. The van der Waals surface area contributed by atoms with E-state index in [1.165, 1.54) is 50.8 Å². The lowest BCUT2D eigenvalue weighted by molar-refractivity contribution is -0.121. The van der Waals surface area contributed by atoms with E-state index in [-0.39, 0.29) is 5.91 Å². The van der Waals surface area contributed by atoms with Gasteiger partial charge in [0.1, 0.15) is 0 Å². The third-order valence-electron chi connectivity index (χ3n) is 5.98. The Kier molecular flexibility index (Phi) is 4.98. The van der Waals surface area contributed by atoms with Gasteiger partial charge in [-0.1, -0.05) is 18.6 Å². The maximum Gasteiger partial charge on any atom is 0.221 e. The van der Waals surface area contributed by atoms with Crippen LogP contribution in [0.25, 0.3) is 10.9 Å². The quantitative estimate of drug-likeness (QED) is 0.831. The average Bonchev–Trinajstić information content (AvgIpc) is 3.30. The van der Waals surface area contributed by atoms with E-state index in [9.17, 15) is 4.79 Å². The van der Waals surface area contributed by atoms with Crippen molar-refractivity contribution >= 4 is 16.8 Å². The number of carbonyl (C=O) groups is 1. The van der Waals surface area contributed by atoms with Crippen molar-refractivity contribution in [1.29, 1.82) is 0 Å². The van der Waals surface area contributed by atoms with Crippen LogP contribution >= 0.6 is 0 Å². The number of amides is 1. The minimum absolute atomic E-state index is 0.145. The lowest BCUT2D eigenvalue weighted by Gasteiger charge is -2.30. The second kappa shape index (κ2) is 7.39. The van der Waals surface area contributed by atoms with Gasteiger partial charge in [-0.25, -0.2) is 0 Å². The van der Waals surface area contributed by atoms with E-state index in [2.05, 4.69) is 40.4 Å². The summed E-state index contributed by atoms with van der Waals surface area (Å²) in [4.78, 5) is 14.9. The number of nitrogens with one attached hydrogen (secondary N) is 1. The van der Waals surface area contributed by atoms with Gasteiger partial charge in [-0.05, 0) is 57.3 Å². The van der Waals surface area contributed by atoms with Gasteiger partial charge in [-0.2, -0.15) is 5.10 Å². The molecule has 1 aliphatic carbocycles. The van der Waals surface area contributed by atoms with E-state index in [0.717, 1.165) is 24.0 Å². The first-order chi connectivity index (χ1) is 12.6. The number of rotatable bonds is 7. The fourth-order valence-electron chi connectivity index (χ4n) is 4.10. The van der Waals surface area contributed by atoms with Crippen molar-refractivity contribution in [3.63, 3.8) is 0 Å². The topological polar surface area (TPSA) is 50.2 Å². The third-order valence-corrected chi connectivity index (χ3v) is 5.98. The molecule has 26 heavy (non-hydrogen) atoms. The number of aryl methyl sites for hydroxylation is 2. The molecule has 1 amide bonds. The maximum atomic E-state index is 12.3. The SMILES string of the molecule is Cc1ccc2cnn(CCC(=O)NCC3(CN4CCCCC4)CC3)c2c1. The zero-order valence-corrected chi connectivity index (χ0v) is 15.8. The van der Waals surface area contributed by atoms with E-state index in [1.54, 1.807) is 0 Å². The molecule has 1 saturated heterocycles. The third kappa shape index (κ3) is 4.09. The molecule has 5 heteroatoms. The molecule has 0 radical (unpaired) electrons. The Bertz CT molecular complexity index is 771. The summed E-state index contributed by atoms with van der Waals surface area (Å²) in [5, 5.41) is 8.76. The Morgan fingerprint density at radius 2 is 2.04 bits per heavy atom. The first-order valence-electron chi connectivity index (χ1n) is 10.0. The molecule has 0 unspecified atom stereocenters. The minimum Gasteiger partial charge on any atom is -0.355 e. The number of hydrogen-bond donors (Lipinski definition) is 1. The molecular formula is C21H30N4O. The van der Waals surface area contributed by atoms with Crippen molar-refractivity contribution in [3.8, 4) is 0 Å². The van der Waals surface area contributed by atoms with E-state index in [1.807, 2.05) is 10.9 Å². The number of fused-ring (bicyclic) bond motifs is 1. The van der Waals surface area contributed by atoms with Crippen LogP contribution in [0.2, 0.25) is 0 Å². The molecule has 2 fully saturated rings. The smallest absolute Gasteiger partial charge is 0.221 e. The number of piperidine rings is 1. The average molecular weight is 354 g/mol. The summed E-state index contributed by atoms with van der Waals surface area (Å²) in [6.07, 6.45) is 8.93. The molecule has 1 saturated carbocycles. The van der Waals surface area contributed by atoms with Crippen molar-refractivity contribution in [2.45, 2.75) is 52.0 Å². The van der Waals surface area contributed by atoms with Crippen LogP contribution in [-0.4, -0.2) is 46.8 Å².